The monoisotopic (exact) mass is 130 g/mol. The van der Waals surface area contributed by atoms with Crippen molar-refractivity contribution in [3.05, 3.63) is 0 Å². The van der Waals surface area contributed by atoms with Gasteiger partial charge in [0.15, 0.2) is 0 Å². The van der Waals surface area contributed by atoms with Gasteiger partial charge in [-0.3, -0.25) is 0 Å². The Labute approximate surface area is 56.5 Å². The molecule has 0 spiro atoms. The fourth-order valence-corrected chi connectivity index (χ4v) is 0.375. The molecule has 0 atom stereocenters. The van der Waals surface area contributed by atoms with E-state index < -0.39 is 0 Å². The summed E-state index contributed by atoms with van der Waals surface area (Å²) in [6.07, 6.45) is 0. The van der Waals surface area contributed by atoms with E-state index in [4.69, 9.17) is 0 Å². The Hall–Kier alpha value is -0.375. The molecule has 3 nitrogen and oxygen atoms in total. The third kappa shape index (κ3) is 7.62. The zero-order valence-electron chi connectivity index (χ0n) is 6.26. The number of quaternary nitrogens is 1. The molecule has 0 fully saturated rings. The van der Waals surface area contributed by atoms with Crippen LogP contribution in [0.5, 0.6) is 0 Å². The Bertz CT molecular complexity index is 89.4. The van der Waals surface area contributed by atoms with Crippen molar-refractivity contribution in [1.82, 2.24) is 0 Å². The first-order chi connectivity index (χ1) is 4.06. The summed E-state index contributed by atoms with van der Waals surface area (Å²) in [5, 5.41) is 0. The molecule has 0 aliphatic carbocycles. The number of likely N-dealkylation sites (N-methyl/N-ethyl adjacent to an activating group) is 1. The molecule has 0 heterocycles. The Kier molecular flexibility index (Phi) is 3.46. The van der Waals surface area contributed by atoms with Gasteiger partial charge in [-0.1, -0.05) is 0 Å². The minimum atomic E-state index is 0.482. The van der Waals surface area contributed by atoms with Gasteiger partial charge in [0.05, 0.1) is 0 Å². The van der Waals surface area contributed by atoms with Crippen molar-refractivity contribution >= 4 is 7.35 Å². The van der Waals surface area contributed by atoms with Crippen molar-refractivity contribution in [3.8, 4) is 0 Å². The molecule has 0 rings (SSSR count). The van der Waals surface area contributed by atoms with Gasteiger partial charge in [-0.15, -0.1) is 0 Å². The minimum absolute atomic E-state index is 0.482. The second kappa shape index (κ2) is 3.61. The fraction of sp³-hybridized carbons (Fsp3) is 1.00. The van der Waals surface area contributed by atoms with E-state index in [1.165, 1.54) is 0 Å². The zero-order chi connectivity index (χ0) is 7.33. The van der Waals surface area contributed by atoms with Gasteiger partial charge in [0.1, 0.15) is 0 Å². The molecule has 9 heavy (non-hydrogen) atoms. The van der Waals surface area contributed by atoms with Crippen molar-refractivity contribution in [1.29, 1.82) is 0 Å². The Balaban J connectivity index is 3.17. The normalized spacial score (nSPS) is 10.6. The van der Waals surface area contributed by atoms with Crippen LogP contribution in [-0.4, -0.2) is 46.1 Å². The van der Waals surface area contributed by atoms with E-state index in [2.05, 4.69) is 4.65 Å². The summed E-state index contributed by atoms with van der Waals surface area (Å²) in [6, 6.07) is 0. The van der Waals surface area contributed by atoms with Crippen molar-refractivity contribution < 1.29 is 13.8 Å². The third-order valence-corrected chi connectivity index (χ3v) is 0.948. The van der Waals surface area contributed by atoms with E-state index >= 15 is 0 Å². The molecule has 0 N–H and O–H groups in total. The van der Waals surface area contributed by atoms with Crippen molar-refractivity contribution in [2.45, 2.75) is 0 Å². The molecule has 0 unspecified atom stereocenters. The van der Waals surface area contributed by atoms with E-state index in [-0.39, 0.29) is 0 Å². The van der Waals surface area contributed by atoms with Crippen LogP contribution in [-0.2, 0) is 9.36 Å². The number of hydrogen-bond acceptors (Lipinski definition) is 2. The summed E-state index contributed by atoms with van der Waals surface area (Å²) in [7, 11) is 6.63. The number of rotatable bonds is 4. The molecule has 0 aromatic rings. The first-order valence-electron chi connectivity index (χ1n) is 2.92. The van der Waals surface area contributed by atoms with Crippen LogP contribution < -0.4 is 0 Å². The Morgan fingerprint density at radius 1 is 1.44 bits per heavy atom. The summed E-state index contributed by atoms with van der Waals surface area (Å²) >= 11 is 0. The van der Waals surface area contributed by atoms with Gasteiger partial charge in [0, 0.05) is 0 Å². The first-order valence-corrected chi connectivity index (χ1v) is 2.92. The van der Waals surface area contributed by atoms with Gasteiger partial charge in [0.2, 0.25) is 0 Å². The van der Waals surface area contributed by atoms with E-state index in [1.807, 2.05) is 21.1 Å². The summed E-state index contributed by atoms with van der Waals surface area (Å²) < 4.78 is 15.0. The van der Waals surface area contributed by atoms with E-state index in [0.717, 1.165) is 11.0 Å². The van der Waals surface area contributed by atoms with E-state index in [0.29, 0.717) is 14.0 Å². The summed E-state index contributed by atoms with van der Waals surface area (Å²) in [4.78, 5) is 0. The van der Waals surface area contributed by atoms with Gasteiger partial charge in [0.25, 0.3) is 0 Å². The first kappa shape index (κ1) is 8.62. The van der Waals surface area contributed by atoms with E-state index in [1.54, 1.807) is 0 Å². The van der Waals surface area contributed by atoms with Crippen LogP contribution in [0.15, 0.2) is 0 Å². The van der Waals surface area contributed by atoms with Crippen LogP contribution in [0.1, 0.15) is 0 Å². The van der Waals surface area contributed by atoms with Crippen molar-refractivity contribution in [3.63, 3.8) is 0 Å². The molecule has 0 radical (unpaired) electrons. The molecular formula is C5H13BNO2+. The molecule has 0 saturated heterocycles. The molecular weight excluding hydrogens is 117 g/mol. The predicted octanol–water partition coefficient (Wildman–Crippen LogP) is -0.326. The van der Waals surface area contributed by atoms with Crippen LogP contribution in [0.25, 0.3) is 0 Å². The molecule has 0 aromatic carbocycles. The zero-order valence-corrected chi connectivity index (χ0v) is 6.26. The predicted molar refractivity (Wildman–Crippen MR) is 35.3 cm³/mol. The second-order valence-corrected chi connectivity index (χ2v) is 2.98. The maximum atomic E-state index is 9.66. The standard InChI is InChI=1S/C5H13BNO2/c1-7(2,3)4-5-9-6-8/h4-5H2,1-3H3/q+1. The molecule has 0 saturated carbocycles. The van der Waals surface area contributed by atoms with Crippen LogP contribution in [0.4, 0.5) is 0 Å². The number of nitrogens with zero attached hydrogens (tertiary/aromatic N) is 1. The maximum absolute atomic E-state index is 9.66. The summed E-state index contributed by atoms with van der Waals surface area (Å²) in [5.41, 5.74) is 0. The van der Waals surface area contributed by atoms with Gasteiger partial charge in [-0.2, -0.15) is 0 Å². The fourth-order valence-electron chi connectivity index (χ4n) is 0.375. The second-order valence-electron chi connectivity index (χ2n) is 2.98. The molecule has 0 aromatic heterocycles. The molecule has 0 bridgehead atoms. The third-order valence-electron chi connectivity index (χ3n) is 0.948. The Morgan fingerprint density at radius 2 is 2.00 bits per heavy atom. The van der Waals surface area contributed by atoms with Crippen LogP contribution in [0.3, 0.4) is 0 Å². The average molecular weight is 130 g/mol. The van der Waals surface area contributed by atoms with Gasteiger partial charge in [-0.25, -0.2) is 0 Å². The SMILES string of the molecule is C[N+](C)(C)CCOB=O. The van der Waals surface area contributed by atoms with Crippen LogP contribution in [0.2, 0.25) is 0 Å². The molecule has 52 valence electrons. The average Bonchev–Trinajstić information content (AvgIpc) is 1.63. The Morgan fingerprint density at radius 3 is 2.33 bits per heavy atom. The summed E-state index contributed by atoms with van der Waals surface area (Å²) in [5.74, 6) is 0. The van der Waals surface area contributed by atoms with Crippen molar-refractivity contribution in [2.75, 3.05) is 34.3 Å². The van der Waals surface area contributed by atoms with Crippen LogP contribution >= 0.6 is 0 Å². The van der Waals surface area contributed by atoms with Gasteiger partial charge < -0.3 is 0 Å². The quantitative estimate of drug-likeness (QED) is 0.296. The topological polar surface area (TPSA) is 26.3 Å². The van der Waals surface area contributed by atoms with Crippen molar-refractivity contribution in [2.24, 2.45) is 0 Å². The molecule has 4 heteroatoms. The van der Waals surface area contributed by atoms with Crippen LogP contribution in [0, 0.1) is 0 Å². The van der Waals surface area contributed by atoms with Gasteiger partial charge >= 0.3 is 55.5 Å². The van der Waals surface area contributed by atoms with E-state index in [9.17, 15) is 4.70 Å². The molecule has 0 aliphatic rings. The molecule has 0 amide bonds. The molecule has 0 aliphatic heterocycles. The number of hydrogen-bond donors (Lipinski definition) is 0. The van der Waals surface area contributed by atoms with Gasteiger partial charge in [-0.05, 0) is 0 Å². The summed E-state index contributed by atoms with van der Waals surface area (Å²) in [6.45, 7) is 1.37.